The Morgan fingerprint density at radius 1 is 0.534 bits per heavy atom. The van der Waals surface area contributed by atoms with Crippen molar-refractivity contribution in [3.63, 3.8) is 0 Å². The number of aliphatic hydroxyl groups excluding tert-OH is 2. The summed E-state index contributed by atoms with van der Waals surface area (Å²) in [6.45, 7) is 32.9. The zero-order valence-corrected chi connectivity index (χ0v) is 82.0. The number of nitrogens with one attached hydrogen (secondary N) is 6. The Morgan fingerprint density at radius 2 is 0.966 bits per heavy atom. The van der Waals surface area contributed by atoms with Gasteiger partial charge in [0.25, 0.3) is 0 Å². The van der Waals surface area contributed by atoms with Gasteiger partial charge in [0.05, 0.1) is 66.2 Å². The van der Waals surface area contributed by atoms with Gasteiger partial charge in [0.2, 0.25) is 35.4 Å². The van der Waals surface area contributed by atoms with Crippen LogP contribution in [0.25, 0.3) is 0 Å². The smallest absolute Gasteiger partial charge is 0.549 e. The van der Waals surface area contributed by atoms with Crippen LogP contribution < -0.4 is 211 Å². The minimum absolute atomic E-state index is 0. The third-order valence-corrected chi connectivity index (χ3v) is 19.2. The van der Waals surface area contributed by atoms with E-state index >= 15 is 0 Å². The summed E-state index contributed by atoms with van der Waals surface area (Å²) in [6, 6.07) is -3.56. The maximum Gasteiger partial charge on any atom is 1.00 e. The largest absolute Gasteiger partial charge is 1.00 e. The zero-order chi connectivity index (χ0) is 85.8. The molecule has 0 aromatic rings. The van der Waals surface area contributed by atoms with Crippen LogP contribution in [-0.4, -0.2) is 242 Å². The fourth-order valence-electron chi connectivity index (χ4n) is 14.6. The average Bonchev–Trinajstić information content (AvgIpc) is 1.55. The standard InChI is InChI=1S/C17H27NO6.C12H16N2O6.C12H17NO6.C12H19NO5.C12H19NO4.C10H16N2O3.5Na/c1-6-10(7-2)22-12-8-11(16(20)21)14-15(13(12)18-9(3)19)24-17(4,5)23-14;1-5(15)13-8-7(14-18)4-6(11(16)17)9-10(8)20-12(2,3)19-9;1-5(14)13-8-7(15)4-6(11(16)17)9-10(8)19-12(2,3)18-9;1-4-18-11-8(12(16)17)5-6(2)9(10(11)15)13-7(3)14;1-7(14)13-8-5-6-12(4,15)10-9(8)16-11(2,3)17-10;1-5-3-7(10(14)15)4-8(11)9(5)12-6(2)13;;;;;/h8,10,12-15H,6-7H2,1-5H3,(H,18,19)(H,20,21);4,8-10,18H,1-3H3,(H,13,15)(H,16,17);4,6,8-10,15H,1-3H3,(H,13,14)(H,16,17);5-6,9-11,15H,4H2,1-3H3,(H,13,14)(H,16,17);5-6,8-10,15H,1-4H3,(H,13,14);3,5,8-9H,4,11H2,1-2H3,(H,12,13)(H,14,15);;;;;/q;;;;;;5*+1/p-5/b;14-7+;;;;;;;;;/t12-,13+,14-,15+;8-,9-,10+;6?,8-,9-,10+;6-,9+,10+,11?;8-,9+,10+,12+;5-,8+,9+;;;;;/m111111...../s1. The molecule has 10 rings (SSSR count). The van der Waals surface area contributed by atoms with E-state index in [1.807, 2.05) is 20.8 Å². The zero-order valence-electron chi connectivity index (χ0n) is 72.0. The Hall–Kier alpha value is -3.64. The van der Waals surface area contributed by atoms with Crippen molar-refractivity contribution in [2.75, 3.05) is 6.61 Å². The fourth-order valence-corrected chi connectivity index (χ4v) is 14.6. The molecular formula is C75H109N8Na5O30. The van der Waals surface area contributed by atoms with Gasteiger partial charge >= 0.3 is 148 Å². The Labute approximate surface area is 796 Å². The van der Waals surface area contributed by atoms with Crippen LogP contribution in [-0.2, 0) is 100 Å². The monoisotopic (exact) mass is 1720 g/mol. The number of fused-ring (bicyclic) bond motifs is 4. The molecule has 0 radical (unpaired) electrons. The van der Waals surface area contributed by atoms with Crippen LogP contribution in [0.4, 0.5) is 0 Å². The number of ether oxygens (including phenoxy) is 10. The molecule has 22 atom stereocenters. The minimum Gasteiger partial charge on any atom is -0.549 e. The van der Waals surface area contributed by atoms with Crippen molar-refractivity contribution in [3.05, 3.63) is 70.6 Å². The molecule has 118 heavy (non-hydrogen) atoms. The summed E-state index contributed by atoms with van der Waals surface area (Å²) in [6.07, 6.45) is 3.66. The van der Waals surface area contributed by atoms with Crippen molar-refractivity contribution in [3.8, 4) is 0 Å². The normalized spacial score (nSPS) is 32.9. The van der Waals surface area contributed by atoms with Crippen molar-refractivity contribution < 1.29 is 294 Å². The molecular weight excluding hydrogens is 1610 g/mol. The van der Waals surface area contributed by atoms with Crippen molar-refractivity contribution in [2.45, 2.75) is 302 Å². The predicted molar refractivity (Wildman–Crippen MR) is 383 cm³/mol. The first-order valence-corrected chi connectivity index (χ1v) is 36.9. The maximum absolute atomic E-state index is 11.6. The number of amides is 6. The summed E-state index contributed by atoms with van der Waals surface area (Å²) in [5.41, 5.74) is 4.66. The molecule has 0 aromatic heterocycles. The van der Waals surface area contributed by atoms with Crippen molar-refractivity contribution in [1.82, 2.24) is 31.9 Å². The second-order valence-electron chi connectivity index (χ2n) is 30.6. The van der Waals surface area contributed by atoms with E-state index in [9.17, 15) is 93.6 Å². The van der Waals surface area contributed by atoms with E-state index in [1.165, 1.54) is 53.7 Å². The van der Waals surface area contributed by atoms with E-state index < -0.39 is 150 Å². The number of nitrogens with two attached hydrogens (primary N) is 1. The average molecular weight is 1720 g/mol. The summed E-state index contributed by atoms with van der Waals surface area (Å²) in [4.78, 5) is 123. The predicted octanol–water partition coefficient (Wildman–Crippen LogP) is -19.9. The first kappa shape index (κ1) is 114. The molecule has 38 nitrogen and oxygen atoms in total. The van der Waals surface area contributed by atoms with E-state index in [2.05, 4.69) is 37.1 Å². The van der Waals surface area contributed by atoms with Crippen LogP contribution in [0.5, 0.6) is 0 Å². The Morgan fingerprint density at radius 3 is 1.42 bits per heavy atom. The summed E-state index contributed by atoms with van der Waals surface area (Å²) in [7, 11) is 0. The number of carboxylic acids is 5. The fraction of sp³-hybridized carbons (Fsp3) is 0.680. The van der Waals surface area contributed by atoms with Gasteiger partial charge in [-0.15, -0.1) is 0 Å². The molecule has 634 valence electrons. The number of carbonyl (C=O) groups is 11. The van der Waals surface area contributed by atoms with Crippen molar-refractivity contribution in [1.29, 1.82) is 0 Å². The van der Waals surface area contributed by atoms with Crippen LogP contribution >= 0.6 is 0 Å². The Bertz CT molecular complexity index is 3760. The van der Waals surface area contributed by atoms with Crippen LogP contribution in [0.2, 0.25) is 0 Å². The number of aliphatic carboxylic acids is 5. The third kappa shape index (κ3) is 31.8. The van der Waals surface area contributed by atoms with Gasteiger partial charge in [0.1, 0.15) is 90.2 Å². The summed E-state index contributed by atoms with van der Waals surface area (Å²) >= 11 is 0. The Balaban J connectivity index is 0.00000139. The number of carboxylic acid groups (broad SMARTS) is 5. The number of aliphatic hydroxyl groups is 3. The molecule has 4 fully saturated rings. The summed E-state index contributed by atoms with van der Waals surface area (Å²) in [5.74, 6) is -13.7. The summed E-state index contributed by atoms with van der Waals surface area (Å²) in [5, 5.41) is 114. The first-order valence-electron chi connectivity index (χ1n) is 36.9. The summed E-state index contributed by atoms with van der Waals surface area (Å²) < 4.78 is 56.6. The molecule has 0 spiro atoms. The molecule has 6 aliphatic carbocycles. The van der Waals surface area contributed by atoms with Gasteiger partial charge in [-0.2, -0.15) is 0 Å². The number of nitrogens with zero attached hydrogens (tertiary/aromatic N) is 1. The number of hydrogen-bond donors (Lipinski definition) is 11. The molecule has 4 saturated heterocycles. The molecule has 6 amide bonds. The van der Waals surface area contributed by atoms with Gasteiger partial charge in [-0.25, -0.2) is 0 Å². The van der Waals surface area contributed by atoms with Crippen LogP contribution in [0.1, 0.15) is 158 Å². The van der Waals surface area contributed by atoms with Gasteiger partial charge in [-0.05, 0) is 124 Å². The van der Waals surface area contributed by atoms with Gasteiger partial charge in [-0.1, -0.05) is 57.2 Å². The third-order valence-electron chi connectivity index (χ3n) is 19.2. The molecule has 10 aliphatic rings. The van der Waals surface area contributed by atoms with Crippen LogP contribution in [0.3, 0.4) is 0 Å². The van der Waals surface area contributed by atoms with Crippen LogP contribution in [0, 0.1) is 17.8 Å². The van der Waals surface area contributed by atoms with Gasteiger partial charge in [-0.3, -0.25) is 28.8 Å². The topological polar surface area (TPSA) is 587 Å². The van der Waals surface area contributed by atoms with Crippen molar-refractivity contribution in [2.24, 2.45) is 28.6 Å². The molecule has 0 aromatic carbocycles. The van der Waals surface area contributed by atoms with E-state index in [-0.39, 0.29) is 272 Å². The molecule has 2 unspecified atom stereocenters. The molecule has 4 aliphatic heterocycles. The maximum atomic E-state index is 11.6. The van der Waals surface area contributed by atoms with Crippen LogP contribution in [0.15, 0.2) is 75.7 Å². The quantitative estimate of drug-likeness (QED) is 0.0279. The minimum atomic E-state index is -1.44. The molecule has 4 heterocycles. The molecule has 12 N–H and O–H groups in total. The molecule has 0 bridgehead atoms. The number of oxime groups is 1. The van der Waals surface area contributed by atoms with E-state index in [4.69, 9.17) is 58.3 Å². The first-order chi connectivity index (χ1) is 52.1. The Kier molecular flexibility index (Phi) is 47.2. The van der Waals surface area contributed by atoms with E-state index in [1.54, 1.807) is 94.4 Å². The number of carbonyl (C=O) groups excluding carboxylic acids is 11. The van der Waals surface area contributed by atoms with Gasteiger partial charge in [0, 0.05) is 76.8 Å². The SMILES string of the molecule is CC(=O)N[C@@H]1/C(=N/O)C=C(C(=O)[O-])[C@H]2OC(C)(C)O[C@H]21.CC(=O)N[C@@H]1C(O)=CC(C(=O)[O-])[C@H]2OC(C)(C)O[C@@H]12.CC(=O)N[C@@H]1C=C[C@](C)(O)[C@H]2OC(C)(C)O[C@@H]12.CC(=O)N[C@H]1[C@H](C)C=C(C(=O)[O-])C[C@@H]1N.CCC(CC)O[C@@H]1C=C(C(=O)[O-])[C@H]2OC(C)(C)O[C@H]2[C@H]1NC(C)=O.CCOC1C(C(=O)[O-])=C[C@@H](C)[C@H](NC(C)=O)[C@@H]1O.[Na+].[Na+].[Na+].[Na+].[Na+]. The van der Waals surface area contributed by atoms with Crippen molar-refractivity contribution >= 4 is 71.0 Å². The number of rotatable bonds is 17. The molecule has 43 heteroatoms. The van der Waals surface area contributed by atoms with Gasteiger partial charge < -0.3 is 155 Å². The van der Waals surface area contributed by atoms with Gasteiger partial charge in [0.15, 0.2) is 23.1 Å². The van der Waals surface area contributed by atoms with E-state index in [0.29, 0.717) is 0 Å². The number of hydrogen-bond acceptors (Lipinski definition) is 32. The second kappa shape index (κ2) is 48.7. The molecule has 0 saturated carbocycles. The second-order valence-corrected chi connectivity index (χ2v) is 30.6. The van der Waals surface area contributed by atoms with E-state index in [0.717, 1.165) is 25.0 Å².